The monoisotopic (exact) mass is 414 g/mol. The highest BCUT2D eigenvalue weighted by molar-refractivity contribution is 7.80. The molecule has 0 aromatic heterocycles. The van der Waals surface area contributed by atoms with Gasteiger partial charge in [-0.1, -0.05) is 18.9 Å². The van der Waals surface area contributed by atoms with Gasteiger partial charge in [-0.3, -0.25) is 0 Å². The number of hydrogen-bond donors (Lipinski definition) is 2. The van der Waals surface area contributed by atoms with Crippen LogP contribution in [0.5, 0.6) is 17.2 Å². The highest BCUT2D eigenvalue weighted by Gasteiger charge is 2.37. The summed E-state index contributed by atoms with van der Waals surface area (Å²) in [5.74, 6) is 2.31. The Bertz CT molecular complexity index is 831. The van der Waals surface area contributed by atoms with Gasteiger partial charge in [0.2, 0.25) is 0 Å². The summed E-state index contributed by atoms with van der Waals surface area (Å²) in [5.41, 5.74) is 1.89. The lowest BCUT2D eigenvalue weighted by molar-refractivity contribution is 0.242. The van der Waals surface area contributed by atoms with Crippen LogP contribution in [-0.4, -0.2) is 25.4 Å². The fraction of sp³-hybridized carbons (Fsp3) is 0.435. The lowest BCUT2D eigenvalue weighted by atomic mass is 9.88. The van der Waals surface area contributed by atoms with Crippen molar-refractivity contribution in [1.29, 1.82) is 0 Å². The number of benzene rings is 2. The van der Waals surface area contributed by atoms with Crippen LogP contribution in [-0.2, 0) is 5.54 Å². The van der Waals surface area contributed by atoms with Crippen molar-refractivity contribution < 1.29 is 14.2 Å². The first-order valence-electron chi connectivity index (χ1n) is 10.0. The minimum Gasteiger partial charge on any atom is -0.493 e. The standard InChI is InChI=1S/C23H30N2O3S/c1-16(2)28-19-10-8-18(9-11-19)24-22(29)25-23(13-5-6-14-23)17-7-12-20(26-3)21(15-17)27-4/h7-12,15-16H,5-6,13-14H2,1-4H3,(H2,24,25,29). The highest BCUT2D eigenvalue weighted by atomic mass is 32.1. The SMILES string of the molecule is COc1ccc(C2(NC(=S)Nc3ccc(OC(C)C)cc3)CCCC2)cc1OC. The van der Waals surface area contributed by atoms with Crippen LogP contribution >= 0.6 is 12.2 Å². The van der Waals surface area contributed by atoms with Gasteiger partial charge in [-0.25, -0.2) is 0 Å². The molecule has 156 valence electrons. The molecule has 0 bridgehead atoms. The molecule has 2 aromatic rings. The molecule has 0 amide bonds. The third kappa shape index (κ3) is 5.12. The second-order valence-corrected chi connectivity index (χ2v) is 8.04. The van der Waals surface area contributed by atoms with Crippen molar-refractivity contribution >= 4 is 23.0 Å². The maximum atomic E-state index is 5.70. The second-order valence-electron chi connectivity index (χ2n) is 7.63. The van der Waals surface area contributed by atoms with E-state index in [2.05, 4.69) is 22.8 Å². The van der Waals surface area contributed by atoms with Crippen molar-refractivity contribution in [1.82, 2.24) is 5.32 Å². The van der Waals surface area contributed by atoms with Crippen LogP contribution in [0.1, 0.15) is 45.1 Å². The van der Waals surface area contributed by atoms with Gasteiger partial charge in [-0.2, -0.15) is 0 Å². The minimum absolute atomic E-state index is 0.153. The first-order valence-corrected chi connectivity index (χ1v) is 10.4. The Morgan fingerprint density at radius 1 is 0.966 bits per heavy atom. The lowest BCUT2D eigenvalue weighted by Crippen LogP contribution is -2.45. The van der Waals surface area contributed by atoms with E-state index in [4.69, 9.17) is 26.4 Å². The third-order valence-electron chi connectivity index (χ3n) is 5.23. The van der Waals surface area contributed by atoms with Gasteiger partial charge in [0.25, 0.3) is 0 Å². The van der Waals surface area contributed by atoms with Crippen molar-refractivity contribution in [2.45, 2.75) is 51.2 Å². The van der Waals surface area contributed by atoms with Crippen LogP contribution < -0.4 is 24.8 Å². The van der Waals surface area contributed by atoms with Gasteiger partial charge >= 0.3 is 0 Å². The molecule has 0 heterocycles. The normalized spacial score (nSPS) is 15.1. The zero-order valence-electron chi connectivity index (χ0n) is 17.6. The fourth-order valence-electron chi connectivity index (χ4n) is 3.87. The molecule has 0 aliphatic heterocycles. The van der Waals surface area contributed by atoms with Gasteiger partial charge in [0, 0.05) is 5.69 Å². The van der Waals surface area contributed by atoms with Gasteiger partial charge in [0.05, 0.1) is 25.9 Å². The number of ether oxygens (including phenoxy) is 3. The molecule has 0 radical (unpaired) electrons. The van der Waals surface area contributed by atoms with Crippen LogP contribution in [0, 0.1) is 0 Å². The number of methoxy groups -OCH3 is 2. The maximum absolute atomic E-state index is 5.70. The Kier molecular flexibility index (Phi) is 6.85. The molecule has 1 aliphatic rings. The van der Waals surface area contributed by atoms with Gasteiger partial charge in [-0.05, 0) is 80.9 Å². The predicted molar refractivity (Wildman–Crippen MR) is 121 cm³/mol. The van der Waals surface area contributed by atoms with Crippen molar-refractivity contribution in [2.24, 2.45) is 0 Å². The number of anilines is 1. The first-order chi connectivity index (χ1) is 14.0. The molecular formula is C23H30N2O3S. The molecule has 6 heteroatoms. The van der Waals surface area contributed by atoms with Gasteiger partial charge in [0.1, 0.15) is 5.75 Å². The van der Waals surface area contributed by atoms with E-state index in [9.17, 15) is 0 Å². The van der Waals surface area contributed by atoms with E-state index in [-0.39, 0.29) is 11.6 Å². The fourth-order valence-corrected chi connectivity index (χ4v) is 4.18. The van der Waals surface area contributed by atoms with E-state index < -0.39 is 0 Å². The third-order valence-corrected chi connectivity index (χ3v) is 5.43. The zero-order valence-corrected chi connectivity index (χ0v) is 18.4. The smallest absolute Gasteiger partial charge is 0.171 e. The maximum Gasteiger partial charge on any atom is 0.171 e. The Hall–Kier alpha value is -2.47. The molecule has 1 aliphatic carbocycles. The topological polar surface area (TPSA) is 51.8 Å². The average Bonchev–Trinajstić information content (AvgIpc) is 3.18. The minimum atomic E-state index is -0.204. The summed E-state index contributed by atoms with van der Waals surface area (Å²) in [6.45, 7) is 4.03. The molecule has 0 spiro atoms. The molecule has 1 fully saturated rings. The van der Waals surface area contributed by atoms with Crippen molar-refractivity contribution in [3.05, 3.63) is 48.0 Å². The largest absolute Gasteiger partial charge is 0.493 e. The summed E-state index contributed by atoms with van der Waals surface area (Å²) in [4.78, 5) is 0. The summed E-state index contributed by atoms with van der Waals surface area (Å²) in [6.07, 6.45) is 4.51. The molecule has 0 unspecified atom stereocenters. The van der Waals surface area contributed by atoms with E-state index in [1.807, 2.05) is 44.2 Å². The first kappa shape index (κ1) is 21.2. The zero-order chi connectivity index (χ0) is 20.9. The number of thiocarbonyl (C=S) groups is 1. The summed E-state index contributed by atoms with van der Waals surface area (Å²) in [7, 11) is 3.31. The highest BCUT2D eigenvalue weighted by Crippen LogP contribution is 2.41. The van der Waals surface area contributed by atoms with Gasteiger partial charge in [-0.15, -0.1) is 0 Å². The van der Waals surface area contributed by atoms with E-state index in [0.29, 0.717) is 5.11 Å². The molecule has 3 rings (SSSR count). The Morgan fingerprint density at radius 3 is 2.21 bits per heavy atom. The van der Waals surface area contributed by atoms with E-state index in [1.165, 1.54) is 0 Å². The molecular weight excluding hydrogens is 384 g/mol. The summed E-state index contributed by atoms with van der Waals surface area (Å²) >= 11 is 5.65. The van der Waals surface area contributed by atoms with Crippen LogP contribution in [0.4, 0.5) is 5.69 Å². The van der Waals surface area contributed by atoms with Gasteiger partial charge in [0.15, 0.2) is 16.6 Å². The quantitative estimate of drug-likeness (QED) is 0.604. The molecule has 0 atom stereocenters. The second kappa shape index (κ2) is 9.35. The van der Waals surface area contributed by atoms with Crippen LogP contribution in [0.3, 0.4) is 0 Å². The van der Waals surface area contributed by atoms with Crippen molar-refractivity contribution in [3.63, 3.8) is 0 Å². The van der Waals surface area contributed by atoms with Gasteiger partial charge < -0.3 is 24.8 Å². The molecule has 2 N–H and O–H groups in total. The van der Waals surface area contributed by atoms with E-state index in [1.54, 1.807) is 14.2 Å². The summed E-state index contributed by atoms with van der Waals surface area (Å²) < 4.78 is 16.6. The molecule has 0 saturated heterocycles. The van der Waals surface area contributed by atoms with E-state index in [0.717, 1.165) is 54.2 Å². The molecule has 2 aromatic carbocycles. The summed E-state index contributed by atoms with van der Waals surface area (Å²) in [5, 5.41) is 7.50. The number of nitrogens with one attached hydrogen (secondary N) is 2. The summed E-state index contributed by atoms with van der Waals surface area (Å²) in [6, 6.07) is 14.0. The molecule has 5 nitrogen and oxygen atoms in total. The van der Waals surface area contributed by atoms with Crippen molar-refractivity contribution in [3.8, 4) is 17.2 Å². The molecule has 1 saturated carbocycles. The van der Waals surface area contributed by atoms with Crippen LogP contribution in [0.2, 0.25) is 0 Å². The van der Waals surface area contributed by atoms with Crippen LogP contribution in [0.25, 0.3) is 0 Å². The average molecular weight is 415 g/mol. The lowest BCUT2D eigenvalue weighted by Gasteiger charge is -2.33. The molecule has 29 heavy (non-hydrogen) atoms. The number of rotatable bonds is 7. The number of hydrogen-bond acceptors (Lipinski definition) is 4. The Morgan fingerprint density at radius 2 is 1.62 bits per heavy atom. The Labute approximate surface area is 178 Å². The predicted octanol–water partition coefficient (Wildman–Crippen LogP) is 5.25. The van der Waals surface area contributed by atoms with Crippen molar-refractivity contribution in [2.75, 3.05) is 19.5 Å². The Balaban J connectivity index is 1.74. The van der Waals surface area contributed by atoms with Crippen LogP contribution in [0.15, 0.2) is 42.5 Å². The van der Waals surface area contributed by atoms with E-state index >= 15 is 0 Å².